The molecule has 0 saturated carbocycles. The lowest BCUT2D eigenvalue weighted by Crippen LogP contribution is -2.14. The zero-order chi connectivity index (χ0) is 13.9. The molecule has 0 N–H and O–H groups in total. The first kappa shape index (κ1) is 13.5. The minimum absolute atomic E-state index is 0.196. The van der Waals surface area contributed by atoms with E-state index in [0.29, 0.717) is 5.56 Å². The van der Waals surface area contributed by atoms with Gasteiger partial charge in [0, 0.05) is 23.5 Å². The van der Waals surface area contributed by atoms with Crippen LogP contribution in [0.2, 0.25) is 0 Å². The molecule has 0 aliphatic rings. The summed E-state index contributed by atoms with van der Waals surface area (Å²) in [5.41, 5.74) is 4.20. The second-order valence-electron chi connectivity index (χ2n) is 5.44. The average Bonchev–Trinajstić information content (AvgIpc) is 2.47. The fraction of sp³-hybridized carbons (Fsp3) is 0.294. The van der Waals surface area contributed by atoms with Crippen LogP contribution in [0.25, 0.3) is 11.1 Å². The summed E-state index contributed by atoms with van der Waals surface area (Å²) in [7, 11) is 0. The van der Waals surface area contributed by atoms with Crippen LogP contribution in [0.15, 0.2) is 42.7 Å². The molecule has 2 heteroatoms. The largest absolute Gasteiger partial charge is 0.298 e. The van der Waals surface area contributed by atoms with Crippen LogP contribution in [0.4, 0.5) is 0 Å². The van der Waals surface area contributed by atoms with Crippen molar-refractivity contribution in [1.29, 1.82) is 0 Å². The van der Waals surface area contributed by atoms with Crippen LogP contribution in [0.5, 0.6) is 0 Å². The first-order valence-corrected chi connectivity index (χ1v) is 6.58. The molecule has 0 fully saturated rings. The highest BCUT2D eigenvalue weighted by atomic mass is 16.1. The van der Waals surface area contributed by atoms with Gasteiger partial charge < -0.3 is 0 Å². The highest BCUT2D eigenvalue weighted by molar-refractivity contribution is 5.77. The van der Waals surface area contributed by atoms with Crippen LogP contribution in [-0.2, 0) is 5.41 Å². The molecule has 2 nitrogen and oxygen atoms in total. The molecular weight excluding hydrogens is 234 g/mol. The van der Waals surface area contributed by atoms with Crippen LogP contribution in [-0.4, -0.2) is 11.3 Å². The molecule has 98 valence electrons. The molecule has 19 heavy (non-hydrogen) atoms. The van der Waals surface area contributed by atoms with Crippen molar-refractivity contribution in [2.45, 2.75) is 32.6 Å². The van der Waals surface area contributed by atoms with Gasteiger partial charge in [0.15, 0.2) is 6.29 Å². The van der Waals surface area contributed by atoms with Crippen molar-refractivity contribution in [3.05, 3.63) is 53.9 Å². The maximum absolute atomic E-state index is 10.8. The van der Waals surface area contributed by atoms with E-state index in [0.717, 1.165) is 23.8 Å². The quantitative estimate of drug-likeness (QED) is 0.762. The van der Waals surface area contributed by atoms with E-state index in [-0.39, 0.29) is 5.41 Å². The van der Waals surface area contributed by atoms with Crippen molar-refractivity contribution < 1.29 is 4.79 Å². The third-order valence-corrected chi connectivity index (χ3v) is 3.78. The summed E-state index contributed by atoms with van der Waals surface area (Å²) in [6.45, 7) is 6.69. The van der Waals surface area contributed by atoms with E-state index in [2.05, 4.69) is 50.0 Å². The predicted molar refractivity (Wildman–Crippen MR) is 78.4 cm³/mol. The second-order valence-corrected chi connectivity index (χ2v) is 5.44. The highest BCUT2D eigenvalue weighted by Gasteiger charge is 2.17. The van der Waals surface area contributed by atoms with Gasteiger partial charge in [0.2, 0.25) is 0 Å². The SMILES string of the molecule is CCC(C)(C)c1ccc(-c2cncc(C=O)c2)cc1. The Kier molecular flexibility index (Phi) is 3.79. The number of hydrogen-bond acceptors (Lipinski definition) is 2. The van der Waals surface area contributed by atoms with Crippen LogP contribution < -0.4 is 0 Å². The third-order valence-electron chi connectivity index (χ3n) is 3.78. The fourth-order valence-corrected chi connectivity index (χ4v) is 2.00. The molecule has 0 aliphatic heterocycles. The van der Waals surface area contributed by atoms with E-state index in [1.165, 1.54) is 5.56 Å². The van der Waals surface area contributed by atoms with Crippen LogP contribution in [0.3, 0.4) is 0 Å². The van der Waals surface area contributed by atoms with Gasteiger partial charge in [0.05, 0.1) is 0 Å². The lowest BCUT2D eigenvalue weighted by atomic mass is 9.82. The first-order chi connectivity index (χ1) is 9.06. The van der Waals surface area contributed by atoms with E-state index in [1.807, 2.05) is 6.07 Å². The highest BCUT2D eigenvalue weighted by Crippen LogP contribution is 2.28. The minimum atomic E-state index is 0.196. The summed E-state index contributed by atoms with van der Waals surface area (Å²) in [4.78, 5) is 14.9. The Bertz CT molecular complexity index is 570. The standard InChI is InChI=1S/C17H19NO/c1-4-17(2,3)16-7-5-14(6-8-16)15-9-13(12-19)10-18-11-15/h5-12H,4H2,1-3H3. The van der Waals surface area contributed by atoms with E-state index in [1.54, 1.807) is 12.4 Å². The molecular formula is C17H19NO. The Morgan fingerprint density at radius 3 is 2.37 bits per heavy atom. The number of hydrogen-bond donors (Lipinski definition) is 0. The summed E-state index contributed by atoms with van der Waals surface area (Å²) in [5, 5.41) is 0. The molecule has 0 saturated heterocycles. The van der Waals surface area contributed by atoms with E-state index in [9.17, 15) is 4.79 Å². The number of aldehydes is 1. The number of carbonyl (C=O) groups excluding carboxylic acids is 1. The van der Waals surface area contributed by atoms with Crippen LogP contribution in [0, 0.1) is 0 Å². The van der Waals surface area contributed by atoms with Gasteiger partial charge in [-0.25, -0.2) is 0 Å². The summed E-state index contributed by atoms with van der Waals surface area (Å²) >= 11 is 0. The summed E-state index contributed by atoms with van der Waals surface area (Å²) in [6.07, 6.45) is 5.29. The number of pyridine rings is 1. The second kappa shape index (κ2) is 5.35. The molecule has 1 aromatic heterocycles. The van der Waals surface area contributed by atoms with Crippen molar-refractivity contribution in [3.8, 4) is 11.1 Å². The molecule has 0 amide bonds. The number of rotatable bonds is 4. The van der Waals surface area contributed by atoms with Crippen LogP contribution in [0.1, 0.15) is 43.1 Å². The Labute approximate surface area is 114 Å². The van der Waals surface area contributed by atoms with Crippen molar-refractivity contribution in [2.24, 2.45) is 0 Å². The van der Waals surface area contributed by atoms with Crippen molar-refractivity contribution >= 4 is 6.29 Å². The van der Waals surface area contributed by atoms with Crippen LogP contribution >= 0.6 is 0 Å². The van der Waals surface area contributed by atoms with E-state index >= 15 is 0 Å². The minimum Gasteiger partial charge on any atom is -0.298 e. The van der Waals surface area contributed by atoms with Gasteiger partial charge >= 0.3 is 0 Å². The van der Waals surface area contributed by atoms with Gasteiger partial charge in [-0.3, -0.25) is 9.78 Å². The molecule has 2 aromatic rings. The van der Waals surface area contributed by atoms with Gasteiger partial charge in [0.1, 0.15) is 0 Å². The van der Waals surface area contributed by atoms with Crippen molar-refractivity contribution in [1.82, 2.24) is 4.98 Å². The zero-order valence-electron chi connectivity index (χ0n) is 11.7. The van der Waals surface area contributed by atoms with Crippen molar-refractivity contribution in [2.75, 3.05) is 0 Å². The molecule has 0 aliphatic carbocycles. The topological polar surface area (TPSA) is 30.0 Å². The molecule has 0 bridgehead atoms. The Morgan fingerprint density at radius 1 is 1.11 bits per heavy atom. The smallest absolute Gasteiger partial charge is 0.151 e. The molecule has 2 rings (SSSR count). The predicted octanol–water partition coefficient (Wildman–Crippen LogP) is 4.25. The Morgan fingerprint density at radius 2 is 1.79 bits per heavy atom. The third kappa shape index (κ3) is 2.90. The molecule has 0 unspecified atom stereocenters. The lowest BCUT2D eigenvalue weighted by molar-refractivity contribution is 0.112. The number of aromatic nitrogens is 1. The molecule has 0 spiro atoms. The average molecular weight is 253 g/mol. The number of carbonyl (C=O) groups is 1. The summed E-state index contributed by atoms with van der Waals surface area (Å²) in [6, 6.07) is 10.4. The molecule has 1 aromatic carbocycles. The first-order valence-electron chi connectivity index (χ1n) is 6.58. The van der Waals surface area contributed by atoms with Gasteiger partial charge in [-0.05, 0) is 29.0 Å². The van der Waals surface area contributed by atoms with E-state index in [4.69, 9.17) is 0 Å². The zero-order valence-corrected chi connectivity index (χ0v) is 11.7. The van der Waals surface area contributed by atoms with Gasteiger partial charge in [0.25, 0.3) is 0 Å². The monoisotopic (exact) mass is 253 g/mol. The Balaban J connectivity index is 2.34. The fourth-order valence-electron chi connectivity index (χ4n) is 2.00. The summed E-state index contributed by atoms with van der Waals surface area (Å²) in [5.74, 6) is 0. The maximum Gasteiger partial charge on any atom is 0.151 e. The number of nitrogens with zero attached hydrogens (tertiary/aromatic N) is 1. The lowest BCUT2D eigenvalue weighted by Gasteiger charge is -2.23. The molecule has 0 atom stereocenters. The Hall–Kier alpha value is -1.96. The van der Waals surface area contributed by atoms with Gasteiger partial charge in [-0.1, -0.05) is 45.0 Å². The maximum atomic E-state index is 10.8. The normalized spacial score (nSPS) is 11.3. The number of benzene rings is 1. The summed E-state index contributed by atoms with van der Waals surface area (Å²) < 4.78 is 0. The molecule has 1 heterocycles. The van der Waals surface area contributed by atoms with Gasteiger partial charge in [-0.15, -0.1) is 0 Å². The molecule has 0 radical (unpaired) electrons. The van der Waals surface area contributed by atoms with E-state index < -0.39 is 0 Å². The van der Waals surface area contributed by atoms with Gasteiger partial charge in [-0.2, -0.15) is 0 Å². The van der Waals surface area contributed by atoms with Crippen molar-refractivity contribution in [3.63, 3.8) is 0 Å².